The number of amides is 2. The minimum absolute atomic E-state index is 0.265. The van der Waals surface area contributed by atoms with E-state index in [-0.39, 0.29) is 18.4 Å². The van der Waals surface area contributed by atoms with Gasteiger partial charge in [0.1, 0.15) is 6.54 Å². The molecule has 1 aliphatic rings. The topological polar surface area (TPSA) is 75.7 Å². The third-order valence-electron chi connectivity index (χ3n) is 4.48. The number of fused-ring (bicyclic) bond motifs is 1. The van der Waals surface area contributed by atoms with E-state index in [1.165, 1.54) is 0 Å². The van der Waals surface area contributed by atoms with Crippen LogP contribution in [0.25, 0.3) is 0 Å². The van der Waals surface area contributed by atoms with Crippen molar-refractivity contribution < 1.29 is 19.1 Å². The number of hydrogen-bond acceptors (Lipinski definition) is 4. The van der Waals surface area contributed by atoms with Crippen LogP contribution in [0.2, 0.25) is 0 Å². The third-order valence-corrected chi connectivity index (χ3v) is 4.48. The summed E-state index contributed by atoms with van der Waals surface area (Å²) in [5, 5.41) is 2.52. The number of nitrogens with zero attached hydrogens (tertiary/aromatic N) is 1. The molecule has 0 fully saturated rings. The van der Waals surface area contributed by atoms with Crippen LogP contribution in [0.1, 0.15) is 28.4 Å². The smallest absolute Gasteiger partial charge is 0.326 e. The molecule has 0 saturated heterocycles. The van der Waals surface area contributed by atoms with E-state index < -0.39 is 12.1 Å². The molecule has 2 aromatic rings. The van der Waals surface area contributed by atoms with Gasteiger partial charge in [-0.25, -0.2) is 0 Å². The van der Waals surface area contributed by atoms with Crippen LogP contribution >= 0.6 is 0 Å². The number of rotatable bonds is 5. The van der Waals surface area contributed by atoms with Crippen molar-refractivity contribution in [2.75, 3.05) is 18.0 Å². The van der Waals surface area contributed by atoms with Crippen LogP contribution in [0.5, 0.6) is 0 Å². The maximum atomic E-state index is 12.6. The Bertz CT molecular complexity index is 878. The summed E-state index contributed by atoms with van der Waals surface area (Å²) in [5.74, 6) is -1.27. The van der Waals surface area contributed by atoms with Gasteiger partial charge in [-0.2, -0.15) is 0 Å². The highest BCUT2D eigenvalue weighted by atomic mass is 16.5. The number of carbonyl (C=O) groups excluding carboxylic acids is 3. The molecule has 1 N–H and O–H groups in total. The lowest BCUT2D eigenvalue weighted by Crippen LogP contribution is -2.41. The lowest BCUT2D eigenvalue weighted by Gasteiger charge is -2.21. The second kappa shape index (κ2) is 8.03. The van der Waals surface area contributed by atoms with E-state index in [0.717, 1.165) is 23.2 Å². The molecule has 6 heteroatoms. The van der Waals surface area contributed by atoms with Crippen molar-refractivity contribution in [1.82, 2.24) is 5.32 Å². The van der Waals surface area contributed by atoms with Gasteiger partial charge >= 0.3 is 5.97 Å². The predicted octanol–water partition coefficient (Wildman–Crippen LogP) is 2.25. The number of nitrogens with one attached hydrogen (secondary N) is 1. The fraction of sp³-hybridized carbons (Fsp3) is 0.286. The fourth-order valence-corrected chi connectivity index (χ4v) is 3.12. The number of anilines is 1. The molecule has 1 heterocycles. The van der Waals surface area contributed by atoms with E-state index in [4.69, 9.17) is 4.74 Å². The van der Waals surface area contributed by atoms with Gasteiger partial charge in [-0.05, 0) is 44.0 Å². The summed E-state index contributed by atoms with van der Waals surface area (Å²) in [6.07, 6.45) is -0.130. The predicted molar refractivity (Wildman–Crippen MR) is 102 cm³/mol. The van der Waals surface area contributed by atoms with Crippen molar-refractivity contribution in [3.8, 4) is 0 Å². The van der Waals surface area contributed by atoms with Gasteiger partial charge in [0.25, 0.3) is 11.8 Å². The Morgan fingerprint density at radius 3 is 2.70 bits per heavy atom. The van der Waals surface area contributed by atoms with Gasteiger partial charge < -0.3 is 15.0 Å². The average molecular weight is 366 g/mol. The van der Waals surface area contributed by atoms with Crippen LogP contribution in [-0.4, -0.2) is 37.0 Å². The Morgan fingerprint density at radius 2 is 1.93 bits per heavy atom. The molecule has 27 heavy (non-hydrogen) atoms. The van der Waals surface area contributed by atoms with Gasteiger partial charge in [0.05, 0.1) is 0 Å². The summed E-state index contributed by atoms with van der Waals surface area (Å²) in [4.78, 5) is 38.3. The lowest BCUT2D eigenvalue weighted by atomic mass is 10.1. The van der Waals surface area contributed by atoms with Gasteiger partial charge in [-0.15, -0.1) is 0 Å². The molecular formula is C21H22N2O4. The summed E-state index contributed by atoms with van der Waals surface area (Å²) < 4.78 is 5.20. The number of para-hydroxylation sites is 1. The summed E-state index contributed by atoms with van der Waals surface area (Å²) >= 11 is 0. The number of esters is 1. The third kappa shape index (κ3) is 4.34. The second-order valence-electron chi connectivity index (χ2n) is 6.55. The van der Waals surface area contributed by atoms with Gasteiger partial charge in [0.2, 0.25) is 0 Å². The summed E-state index contributed by atoms with van der Waals surface area (Å²) in [6, 6.07) is 14.8. The van der Waals surface area contributed by atoms with Crippen molar-refractivity contribution in [3.05, 3.63) is 65.2 Å². The molecule has 0 bridgehead atoms. The van der Waals surface area contributed by atoms with E-state index in [9.17, 15) is 14.4 Å². The molecule has 1 unspecified atom stereocenters. The molecule has 0 aromatic heterocycles. The maximum Gasteiger partial charge on any atom is 0.326 e. The molecule has 0 spiro atoms. The van der Waals surface area contributed by atoms with Crippen LogP contribution in [0.4, 0.5) is 5.69 Å². The van der Waals surface area contributed by atoms with Crippen molar-refractivity contribution in [2.24, 2.45) is 0 Å². The second-order valence-corrected chi connectivity index (χ2v) is 6.55. The molecule has 0 radical (unpaired) electrons. The summed E-state index contributed by atoms with van der Waals surface area (Å²) in [6.45, 7) is 3.71. The zero-order chi connectivity index (χ0) is 19.4. The number of aryl methyl sites for hydroxylation is 1. The molecule has 2 aromatic carbocycles. The first-order chi connectivity index (χ1) is 13.0. The largest absolute Gasteiger partial charge is 0.451 e. The number of carbonyl (C=O) groups is 3. The van der Waals surface area contributed by atoms with Crippen LogP contribution in [0.15, 0.2) is 48.5 Å². The normalized spacial score (nSPS) is 13.6. The van der Waals surface area contributed by atoms with Crippen LogP contribution in [0.3, 0.4) is 0 Å². The zero-order valence-electron chi connectivity index (χ0n) is 15.4. The first-order valence-corrected chi connectivity index (χ1v) is 8.89. The van der Waals surface area contributed by atoms with Crippen LogP contribution < -0.4 is 10.2 Å². The molecule has 3 rings (SSSR count). The quantitative estimate of drug-likeness (QED) is 0.824. The first kappa shape index (κ1) is 18.6. The number of hydrogen-bond donors (Lipinski definition) is 1. The highest BCUT2D eigenvalue weighted by Gasteiger charge is 2.29. The fourth-order valence-electron chi connectivity index (χ4n) is 3.12. The lowest BCUT2D eigenvalue weighted by molar-refractivity contribution is -0.152. The van der Waals surface area contributed by atoms with Crippen molar-refractivity contribution in [2.45, 2.75) is 26.4 Å². The van der Waals surface area contributed by atoms with Gasteiger partial charge in [-0.3, -0.25) is 14.4 Å². The van der Waals surface area contributed by atoms with Crippen LogP contribution in [-0.2, 0) is 20.7 Å². The van der Waals surface area contributed by atoms with E-state index in [1.807, 2.05) is 37.3 Å². The molecule has 6 nitrogen and oxygen atoms in total. The minimum atomic E-state index is -0.917. The van der Waals surface area contributed by atoms with E-state index in [0.29, 0.717) is 12.1 Å². The van der Waals surface area contributed by atoms with Gasteiger partial charge in [0, 0.05) is 17.8 Å². The standard InChI is InChI=1S/C21H22N2O4/c1-14-6-5-8-17(12-14)20(25)22-13-19(24)27-15(2)21(26)23-11-10-16-7-3-4-9-18(16)23/h3-9,12,15H,10-11,13H2,1-2H3,(H,22,25). The molecule has 1 aliphatic heterocycles. The monoisotopic (exact) mass is 366 g/mol. The van der Waals surface area contributed by atoms with Gasteiger partial charge in [-0.1, -0.05) is 35.9 Å². The summed E-state index contributed by atoms with van der Waals surface area (Å²) in [7, 11) is 0. The van der Waals surface area contributed by atoms with E-state index >= 15 is 0 Å². The molecule has 2 amide bonds. The zero-order valence-corrected chi connectivity index (χ0v) is 15.4. The van der Waals surface area contributed by atoms with E-state index in [2.05, 4.69) is 5.32 Å². The Balaban J connectivity index is 1.52. The van der Waals surface area contributed by atoms with Crippen molar-refractivity contribution in [1.29, 1.82) is 0 Å². The molecule has 0 saturated carbocycles. The Hall–Kier alpha value is -3.15. The van der Waals surface area contributed by atoms with E-state index in [1.54, 1.807) is 30.0 Å². The highest BCUT2D eigenvalue weighted by molar-refractivity contribution is 5.99. The Labute approximate surface area is 158 Å². The molecule has 140 valence electrons. The Morgan fingerprint density at radius 1 is 1.15 bits per heavy atom. The minimum Gasteiger partial charge on any atom is -0.451 e. The van der Waals surface area contributed by atoms with Crippen LogP contribution in [0, 0.1) is 6.92 Å². The molecule has 1 atom stereocenters. The molecule has 0 aliphatic carbocycles. The maximum absolute atomic E-state index is 12.6. The summed E-state index contributed by atoms with van der Waals surface area (Å²) in [5.41, 5.74) is 3.39. The average Bonchev–Trinajstić information content (AvgIpc) is 3.09. The SMILES string of the molecule is Cc1cccc(C(=O)NCC(=O)OC(C)C(=O)N2CCc3ccccc32)c1. The highest BCUT2D eigenvalue weighted by Crippen LogP contribution is 2.28. The van der Waals surface area contributed by atoms with Gasteiger partial charge in [0.15, 0.2) is 6.10 Å². The van der Waals surface area contributed by atoms with Crippen molar-refractivity contribution >= 4 is 23.5 Å². The Kier molecular flexibility index (Phi) is 5.54. The van der Waals surface area contributed by atoms with Crippen molar-refractivity contribution in [3.63, 3.8) is 0 Å². The number of benzene rings is 2. The molecular weight excluding hydrogens is 344 g/mol. The number of ether oxygens (including phenoxy) is 1. The first-order valence-electron chi connectivity index (χ1n) is 8.89.